The van der Waals surface area contributed by atoms with E-state index in [0.29, 0.717) is 0 Å². The number of nitrogens with one attached hydrogen (secondary N) is 1. The summed E-state index contributed by atoms with van der Waals surface area (Å²) in [6.45, 7) is 9.00. The minimum Gasteiger partial charge on any atom is -0.480 e. The molecule has 2 aromatic rings. The first-order valence-electron chi connectivity index (χ1n) is 10.4. The maximum Gasteiger partial charge on any atom is 0.325 e. The number of fused-ring (bicyclic) bond motifs is 2. The van der Waals surface area contributed by atoms with Crippen molar-refractivity contribution in [3.05, 3.63) is 48.0 Å². The van der Waals surface area contributed by atoms with Crippen molar-refractivity contribution in [1.29, 1.82) is 0 Å². The van der Waals surface area contributed by atoms with Crippen LogP contribution < -0.4 is 5.32 Å². The average molecular weight is 408 g/mol. The summed E-state index contributed by atoms with van der Waals surface area (Å²) >= 11 is 0. The Morgan fingerprint density at radius 2 is 1.70 bits per heavy atom. The van der Waals surface area contributed by atoms with Crippen molar-refractivity contribution in [3.63, 3.8) is 0 Å². The van der Waals surface area contributed by atoms with Gasteiger partial charge in [0, 0.05) is 11.6 Å². The fraction of sp³-hybridized carbons (Fsp3) is 0.458. The molecule has 0 saturated carbocycles. The molecule has 2 aromatic carbocycles. The minimum absolute atomic E-state index is 0.299. The Morgan fingerprint density at radius 1 is 1.07 bits per heavy atom. The zero-order valence-electron chi connectivity index (χ0n) is 18.0. The second kappa shape index (κ2) is 6.64. The number of imide groups is 1. The van der Waals surface area contributed by atoms with E-state index in [0.717, 1.165) is 16.3 Å². The molecule has 2 heterocycles. The zero-order chi connectivity index (χ0) is 22.0. The van der Waals surface area contributed by atoms with Crippen molar-refractivity contribution in [2.24, 2.45) is 17.8 Å². The van der Waals surface area contributed by atoms with Crippen LogP contribution in [0.4, 0.5) is 0 Å². The highest BCUT2D eigenvalue weighted by Gasteiger charge is 2.70. The Balaban J connectivity index is 1.90. The Bertz CT molecular complexity index is 1050. The van der Waals surface area contributed by atoms with Gasteiger partial charge in [-0.2, -0.15) is 0 Å². The molecule has 2 saturated heterocycles. The predicted octanol–water partition coefficient (Wildman–Crippen LogP) is 3.36. The number of rotatable bonds is 3. The van der Waals surface area contributed by atoms with Gasteiger partial charge in [-0.3, -0.25) is 24.6 Å². The first-order chi connectivity index (χ1) is 14.0. The molecule has 4 unspecified atom stereocenters. The van der Waals surface area contributed by atoms with Gasteiger partial charge in [0.2, 0.25) is 11.8 Å². The van der Waals surface area contributed by atoms with Crippen molar-refractivity contribution >= 4 is 28.6 Å². The molecule has 2 amide bonds. The Kier molecular flexibility index (Phi) is 4.54. The van der Waals surface area contributed by atoms with Crippen molar-refractivity contribution in [3.8, 4) is 0 Å². The van der Waals surface area contributed by atoms with Gasteiger partial charge < -0.3 is 5.11 Å². The van der Waals surface area contributed by atoms with Gasteiger partial charge >= 0.3 is 5.97 Å². The summed E-state index contributed by atoms with van der Waals surface area (Å²) in [6.07, 6.45) is 0. The lowest BCUT2D eigenvalue weighted by atomic mass is 9.73. The molecule has 2 N–H and O–H groups in total. The molecule has 2 aliphatic heterocycles. The second-order valence-electron chi connectivity index (χ2n) is 9.74. The molecule has 4 atom stereocenters. The molecule has 0 aromatic heterocycles. The number of nitrogens with zero attached hydrogens (tertiary/aromatic N) is 1. The minimum atomic E-state index is -1.51. The summed E-state index contributed by atoms with van der Waals surface area (Å²) in [5.41, 5.74) is -1.40. The van der Waals surface area contributed by atoms with E-state index in [2.05, 4.69) is 5.32 Å². The van der Waals surface area contributed by atoms with E-state index >= 15 is 0 Å². The molecule has 0 radical (unpaired) electrons. The van der Waals surface area contributed by atoms with Crippen LogP contribution in [-0.4, -0.2) is 38.9 Å². The molecular formula is C24H28N2O4. The van der Waals surface area contributed by atoms with Gasteiger partial charge in [0.05, 0.1) is 11.8 Å². The average Bonchev–Trinajstić information content (AvgIpc) is 3.16. The van der Waals surface area contributed by atoms with Gasteiger partial charge in [0.25, 0.3) is 0 Å². The van der Waals surface area contributed by atoms with E-state index in [1.807, 2.05) is 42.5 Å². The highest BCUT2D eigenvalue weighted by Crippen LogP contribution is 2.52. The first-order valence-corrected chi connectivity index (χ1v) is 10.4. The quantitative estimate of drug-likeness (QED) is 0.761. The van der Waals surface area contributed by atoms with Crippen LogP contribution in [0.3, 0.4) is 0 Å². The van der Waals surface area contributed by atoms with E-state index in [1.165, 1.54) is 4.90 Å². The summed E-state index contributed by atoms with van der Waals surface area (Å²) < 4.78 is 0. The number of benzene rings is 2. The van der Waals surface area contributed by atoms with Crippen LogP contribution in [0.5, 0.6) is 0 Å². The maximum absolute atomic E-state index is 13.5. The lowest BCUT2D eigenvalue weighted by molar-refractivity contribution is -0.155. The number of carbonyl (C=O) groups excluding carboxylic acids is 2. The molecule has 158 valence electrons. The number of hydrogen-bond donors (Lipinski definition) is 2. The van der Waals surface area contributed by atoms with Crippen LogP contribution >= 0.6 is 0 Å². The van der Waals surface area contributed by atoms with Gasteiger partial charge in [0.15, 0.2) is 0 Å². The third-order valence-corrected chi connectivity index (χ3v) is 6.66. The second-order valence-corrected chi connectivity index (χ2v) is 9.74. The van der Waals surface area contributed by atoms with E-state index < -0.39 is 40.8 Å². The summed E-state index contributed by atoms with van der Waals surface area (Å²) in [5, 5.41) is 15.6. The summed E-state index contributed by atoms with van der Waals surface area (Å²) in [7, 11) is 0. The van der Waals surface area contributed by atoms with Crippen LogP contribution in [0.15, 0.2) is 42.5 Å². The van der Waals surface area contributed by atoms with Crippen LogP contribution in [0, 0.1) is 17.8 Å². The largest absolute Gasteiger partial charge is 0.480 e. The molecule has 30 heavy (non-hydrogen) atoms. The summed E-state index contributed by atoms with van der Waals surface area (Å²) in [4.78, 5) is 40.8. The number of carbonyl (C=O) groups is 3. The molecule has 2 fully saturated rings. The zero-order valence-corrected chi connectivity index (χ0v) is 18.0. The van der Waals surface area contributed by atoms with Crippen molar-refractivity contribution < 1.29 is 19.5 Å². The highest BCUT2D eigenvalue weighted by molar-refractivity contribution is 6.10. The lowest BCUT2D eigenvalue weighted by Crippen LogP contribution is -2.60. The van der Waals surface area contributed by atoms with E-state index in [1.54, 1.807) is 34.6 Å². The first kappa shape index (κ1) is 20.5. The molecule has 0 aliphatic carbocycles. The van der Waals surface area contributed by atoms with Gasteiger partial charge in [-0.05, 0) is 49.1 Å². The predicted molar refractivity (Wildman–Crippen MR) is 114 cm³/mol. The molecule has 4 rings (SSSR count). The SMILES string of the molecule is CC(C)C1(C(=O)O)NC(c2ccc3ccccc3c2)C2C(=O)N(C(C)(C)C)C(=O)C21. The van der Waals surface area contributed by atoms with Crippen LogP contribution in [0.1, 0.15) is 46.2 Å². The van der Waals surface area contributed by atoms with Gasteiger partial charge in [-0.15, -0.1) is 0 Å². The topological polar surface area (TPSA) is 86.7 Å². The van der Waals surface area contributed by atoms with E-state index in [4.69, 9.17) is 0 Å². The van der Waals surface area contributed by atoms with E-state index in [9.17, 15) is 19.5 Å². The third kappa shape index (κ3) is 2.70. The van der Waals surface area contributed by atoms with Crippen molar-refractivity contribution in [2.75, 3.05) is 0 Å². The Labute approximate surface area is 176 Å². The maximum atomic E-state index is 13.5. The molecule has 2 aliphatic rings. The van der Waals surface area contributed by atoms with Gasteiger partial charge in [-0.25, -0.2) is 0 Å². The normalized spacial score (nSPS) is 29.1. The Morgan fingerprint density at radius 3 is 2.27 bits per heavy atom. The lowest BCUT2D eigenvalue weighted by Gasteiger charge is -2.37. The molecule has 0 bridgehead atoms. The summed E-state index contributed by atoms with van der Waals surface area (Å²) in [5.74, 6) is -3.87. The molecule has 6 heteroatoms. The monoisotopic (exact) mass is 408 g/mol. The van der Waals surface area contributed by atoms with Gasteiger partial charge in [-0.1, -0.05) is 50.2 Å². The molecular weight excluding hydrogens is 380 g/mol. The van der Waals surface area contributed by atoms with Crippen molar-refractivity contribution in [2.45, 2.75) is 51.7 Å². The van der Waals surface area contributed by atoms with Crippen LogP contribution in [0.25, 0.3) is 10.8 Å². The van der Waals surface area contributed by atoms with Crippen LogP contribution in [0.2, 0.25) is 0 Å². The fourth-order valence-electron chi connectivity index (χ4n) is 5.26. The van der Waals surface area contributed by atoms with Crippen molar-refractivity contribution in [1.82, 2.24) is 10.2 Å². The molecule has 0 spiro atoms. The number of amides is 2. The van der Waals surface area contributed by atoms with Crippen LogP contribution in [-0.2, 0) is 14.4 Å². The number of carboxylic acid groups (broad SMARTS) is 1. The highest BCUT2D eigenvalue weighted by atomic mass is 16.4. The van der Waals surface area contributed by atoms with Gasteiger partial charge in [0.1, 0.15) is 5.54 Å². The smallest absolute Gasteiger partial charge is 0.325 e. The third-order valence-electron chi connectivity index (χ3n) is 6.66. The van der Waals surface area contributed by atoms with E-state index in [-0.39, 0.29) is 11.8 Å². The summed E-state index contributed by atoms with van der Waals surface area (Å²) in [6, 6.07) is 13.2. The molecule has 6 nitrogen and oxygen atoms in total. The number of likely N-dealkylation sites (tertiary alicyclic amines) is 1. The standard InChI is InChI=1S/C24H28N2O4/c1-13(2)24(22(29)30)18-17(20(27)26(21(18)28)23(3,4)5)19(25-24)16-11-10-14-8-6-7-9-15(14)12-16/h6-13,17-19,25H,1-5H3,(H,29,30). The number of carboxylic acids is 1. The number of aliphatic carboxylic acids is 1. The fourth-order valence-corrected chi connectivity index (χ4v) is 5.26. The Hall–Kier alpha value is -2.73. The number of hydrogen-bond acceptors (Lipinski definition) is 4.